The Kier molecular flexibility index (Phi) is 13.0. The fourth-order valence-electron chi connectivity index (χ4n) is 0.903. The number of ether oxygens (including phenoxy) is 1. The number of thiol groups is 2. The molecule has 0 saturated carbocycles. The first-order valence-electron chi connectivity index (χ1n) is 5.26. The molecule has 0 amide bonds. The minimum atomic E-state index is -0.0851. The van der Waals surface area contributed by atoms with Gasteiger partial charge < -0.3 is 4.74 Å². The van der Waals surface area contributed by atoms with Crippen LogP contribution in [-0.2, 0) is 9.53 Å². The monoisotopic (exact) mass is 300 g/mol. The zero-order chi connectivity index (χ0) is 12.2. The topological polar surface area (TPSA) is 26.3 Å². The van der Waals surface area contributed by atoms with E-state index in [1.165, 1.54) is 0 Å². The highest BCUT2D eigenvalue weighted by Crippen LogP contribution is 2.10. The van der Waals surface area contributed by atoms with E-state index in [1.807, 2.05) is 6.92 Å². The molecule has 0 saturated heterocycles. The first-order chi connectivity index (χ1) is 7.72. The van der Waals surface area contributed by atoms with E-state index in [4.69, 9.17) is 4.74 Å². The average Bonchev–Trinajstić information content (AvgIpc) is 2.28. The summed E-state index contributed by atoms with van der Waals surface area (Å²) in [4.78, 5) is 11.5. The van der Waals surface area contributed by atoms with Gasteiger partial charge in [-0.15, -0.1) is 0 Å². The Labute approximate surface area is 118 Å². The highest BCUT2D eigenvalue weighted by Gasteiger charge is 2.13. The predicted molar refractivity (Wildman–Crippen MR) is 82.5 cm³/mol. The van der Waals surface area contributed by atoms with Crippen LogP contribution in [0.3, 0.4) is 0 Å². The van der Waals surface area contributed by atoms with E-state index < -0.39 is 0 Å². The molecule has 0 aliphatic carbocycles. The van der Waals surface area contributed by atoms with E-state index >= 15 is 0 Å². The largest absolute Gasteiger partial charge is 0.465 e. The van der Waals surface area contributed by atoms with Gasteiger partial charge in [0, 0.05) is 23.0 Å². The molecule has 2 nitrogen and oxygen atoms in total. The van der Waals surface area contributed by atoms with E-state index in [9.17, 15) is 4.79 Å². The van der Waals surface area contributed by atoms with Crippen molar-refractivity contribution in [2.75, 3.05) is 41.1 Å². The summed E-state index contributed by atoms with van der Waals surface area (Å²) in [5, 5.41) is 0. The van der Waals surface area contributed by atoms with Crippen molar-refractivity contribution in [1.82, 2.24) is 0 Å². The van der Waals surface area contributed by atoms with Crippen LogP contribution in [0.25, 0.3) is 0 Å². The van der Waals surface area contributed by atoms with Gasteiger partial charge in [-0.2, -0.15) is 48.8 Å². The molecule has 0 bridgehead atoms. The van der Waals surface area contributed by atoms with Crippen molar-refractivity contribution in [3.05, 3.63) is 0 Å². The van der Waals surface area contributed by atoms with Crippen LogP contribution in [0.1, 0.15) is 6.92 Å². The summed E-state index contributed by atoms with van der Waals surface area (Å²) in [5.41, 5.74) is 0. The van der Waals surface area contributed by atoms with Crippen molar-refractivity contribution >= 4 is 54.8 Å². The Balaban J connectivity index is 3.40. The average molecular weight is 301 g/mol. The molecular weight excluding hydrogens is 280 g/mol. The summed E-state index contributed by atoms with van der Waals surface area (Å²) in [6.07, 6.45) is 0. The zero-order valence-corrected chi connectivity index (χ0v) is 13.0. The number of hydrogen-bond donors (Lipinski definition) is 2. The third kappa shape index (κ3) is 10.1. The van der Waals surface area contributed by atoms with Crippen molar-refractivity contribution in [2.24, 2.45) is 5.92 Å². The third-order valence-corrected chi connectivity index (χ3v) is 4.94. The van der Waals surface area contributed by atoms with Gasteiger partial charge in [0.2, 0.25) is 0 Å². The Morgan fingerprint density at radius 1 is 1.19 bits per heavy atom. The van der Waals surface area contributed by atoms with Gasteiger partial charge in [-0.1, -0.05) is 6.92 Å². The number of rotatable bonds is 10. The molecule has 0 N–H and O–H groups in total. The van der Waals surface area contributed by atoms with Crippen LogP contribution in [0.5, 0.6) is 0 Å². The molecule has 1 atom stereocenters. The van der Waals surface area contributed by atoms with Gasteiger partial charge in [0.25, 0.3) is 0 Å². The normalized spacial score (nSPS) is 12.4. The maximum atomic E-state index is 11.5. The number of hydrogen-bond acceptors (Lipinski definition) is 6. The first kappa shape index (κ1) is 16.9. The van der Waals surface area contributed by atoms with Gasteiger partial charge >= 0.3 is 5.97 Å². The number of thioether (sulfide) groups is 2. The molecule has 0 aromatic carbocycles. The van der Waals surface area contributed by atoms with Crippen molar-refractivity contribution in [3.8, 4) is 0 Å². The molecule has 0 radical (unpaired) electrons. The summed E-state index contributed by atoms with van der Waals surface area (Å²) in [5.74, 6) is 5.30. The molecule has 0 aromatic heterocycles. The molecule has 0 rings (SSSR count). The van der Waals surface area contributed by atoms with Crippen LogP contribution in [0.15, 0.2) is 0 Å². The maximum Gasteiger partial charge on any atom is 0.309 e. The van der Waals surface area contributed by atoms with Gasteiger partial charge in [-0.05, 0) is 11.5 Å². The number of carbonyl (C=O) groups excluding carboxylic acids is 1. The lowest BCUT2D eigenvalue weighted by Gasteiger charge is -2.10. The van der Waals surface area contributed by atoms with Gasteiger partial charge in [-0.25, -0.2) is 0 Å². The summed E-state index contributed by atoms with van der Waals surface area (Å²) in [6, 6.07) is 0. The Hall–Kier alpha value is 0.870. The third-order valence-electron chi connectivity index (χ3n) is 1.71. The molecule has 0 heterocycles. The lowest BCUT2D eigenvalue weighted by molar-refractivity contribution is -0.146. The number of carbonyl (C=O) groups is 1. The second-order valence-electron chi connectivity index (χ2n) is 3.20. The molecule has 96 valence electrons. The van der Waals surface area contributed by atoms with E-state index in [0.717, 1.165) is 34.5 Å². The molecule has 0 fully saturated rings. The molecule has 1 unspecified atom stereocenters. The summed E-state index contributed by atoms with van der Waals surface area (Å²) < 4.78 is 5.16. The second-order valence-corrected chi connectivity index (χ2v) is 6.47. The zero-order valence-electron chi connectivity index (χ0n) is 9.55. The van der Waals surface area contributed by atoms with Crippen molar-refractivity contribution < 1.29 is 9.53 Å². The highest BCUT2D eigenvalue weighted by atomic mass is 32.2. The molecular formula is C10H20O2S4. The molecule has 0 aliphatic heterocycles. The molecule has 0 aromatic rings. The van der Waals surface area contributed by atoms with Crippen LogP contribution in [-0.4, -0.2) is 47.1 Å². The minimum absolute atomic E-state index is 0.0141. The summed E-state index contributed by atoms with van der Waals surface area (Å²) in [6.45, 7) is 2.42. The van der Waals surface area contributed by atoms with Crippen LogP contribution < -0.4 is 0 Å². The van der Waals surface area contributed by atoms with E-state index in [0.29, 0.717) is 6.61 Å². The van der Waals surface area contributed by atoms with Gasteiger partial charge in [-0.3, -0.25) is 4.79 Å². The second kappa shape index (κ2) is 12.3. The predicted octanol–water partition coefficient (Wildman–Crippen LogP) is 2.49. The quantitative estimate of drug-likeness (QED) is 0.368. The van der Waals surface area contributed by atoms with E-state index in [-0.39, 0.29) is 11.9 Å². The Morgan fingerprint density at radius 3 is 2.44 bits per heavy atom. The van der Waals surface area contributed by atoms with Gasteiger partial charge in [0.15, 0.2) is 0 Å². The van der Waals surface area contributed by atoms with Crippen molar-refractivity contribution in [2.45, 2.75) is 6.92 Å². The fraction of sp³-hybridized carbons (Fsp3) is 0.900. The SMILES string of the molecule is CC(CSCCS)C(=O)OCCSCCS. The van der Waals surface area contributed by atoms with Crippen molar-refractivity contribution in [1.29, 1.82) is 0 Å². The fourth-order valence-corrected chi connectivity index (χ4v) is 3.00. The van der Waals surface area contributed by atoms with Gasteiger partial charge in [0.05, 0.1) is 5.92 Å². The smallest absolute Gasteiger partial charge is 0.309 e. The standard InChI is InChI=1S/C10H20O2S4/c1-9(8-16-7-4-14)10(11)12-2-5-15-6-3-13/h9,13-14H,2-8H2,1H3. The Bertz CT molecular complexity index is 178. The van der Waals surface area contributed by atoms with E-state index in [1.54, 1.807) is 23.5 Å². The maximum absolute atomic E-state index is 11.5. The highest BCUT2D eigenvalue weighted by molar-refractivity contribution is 8.00. The summed E-state index contributed by atoms with van der Waals surface area (Å²) in [7, 11) is 0. The lowest BCUT2D eigenvalue weighted by atomic mass is 10.2. The Morgan fingerprint density at radius 2 is 1.81 bits per heavy atom. The molecule has 0 aliphatic rings. The number of esters is 1. The van der Waals surface area contributed by atoms with Crippen LogP contribution in [0.2, 0.25) is 0 Å². The van der Waals surface area contributed by atoms with Crippen LogP contribution in [0.4, 0.5) is 0 Å². The first-order valence-corrected chi connectivity index (χ1v) is 8.83. The molecule has 16 heavy (non-hydrogen) atoms. The minimum Gasteiger partial charge on any atom is -0.465 e. The molecule has 6 heteroatoms. The lowest BCUT2D eigenvalue weighted by Crippen LogP contribution is -2.18. The molecule has 0 spiro atoms. The van der Waals surface area contributed by atoms with Gasteiger partial charge in [0.1, 0.15) is 6.61 Å². The van der Waals surface area contributed by atoms with Crippen LogP contribution in [0, 0.1) is 5.92 Å². The summed E-state index contributed by atoms with van der Waals surface area (Å²) >= 11 is 11.7. The van der Waals surface area contributed by atoms with Crippen molar-refractivity contribution in [3.63, 3.8) is 0 Å². The van der Waals surface area contributed by atoms with E-state index in [2.05, 4.69) is 25.3 Å². The van der Waals surface area contributed by atoms with Crippen LogP contribution >= 0.6 is 48.8 Å².